The molecule has 1 nitrogen and oxygen atoms in total. The first-order valence-corrected chi connectivity index (χ1v) is 9.25. The lowest BCUT2D eigenvalue weighted by molar-refractivity contribution is -0.0139. The van der Waals surface area contributed by atoms with Crippen molar-refractivity contribution in [2.45, 2.75) is 90.4 Å². The summed E-state index contributed by atoms with van der Waals surface area (Å²) in [5.74, 6) is -2.56. The van der Waals surface area contributed by atoms with Crippen molar-refractivity contribution in [3.05, 3.63) is 35.9 Å². The minimum absolute atomic E-state index is 0.0775. The monoisotopic (exact) mass is 337 g/mol. The van der Waals surface area contributed by atoms with Crippen LogP contribution >= 0.6 is 0 Å². The molecule has 0 N–H and O–H groups in total. The Morgan fingerprint density at radius 3 is 1.92 bits per heavy atom. The van der Waals surface area contributed by atoms with Crippen molar-refractivity contribution < 1.29 is 8.78 Å². The highest BCUT2D eigenvalue weighted by Gasteiger charge is 2.31. The fourth-order valence-corrected chi connectivity index (χ4v) is 2.76. The molecule has 0 spiro atoms. The molecule has 1 unspecified atom stereocenters. The van der Waals surface area contributed by atoms with Crippen LogP contribution in [0.25, 0.3) is 0 Å². The molecule has 0 aliphatic carbocycles. The molecule has 0 amide bonds. The topological polar surface area (TPSA) is 23.8 Å². The quantitative estimate of drug-likeness (QED) is 0.435. The Morgan fingerprint density at radius 1 is 0.917 bits per heavy atom. The maximum absolute atomic E-state index is 13.3. The molecule has 1 aromatic carbocycles. The maximum Gasteiger partial charge on any atom is 0.247 e. The van der Waals surface area contributed by atoms with Gasteiger partial charge < -0.3 is 0 Å². The van der Waals surface area contributed by atoms with Crippen LogP contribution in [0.1, 0.15) is 84.6 Å². The number of unbranched alkanes of at least 4 members (excludes halogenated alkanes) is 1. The number of alkyl halides is 2. The first kappa shape index (κ1) is 22.6. The first-order chi connectivity index (χ1) is 11.4. The van der Waals surface area contributed by atoms with Crippen molar-refractivity contribution in [1.82, 2.24) is 0 Å². The molecule has 0 saturated heterocycles. The third kappa shape index (κ3) is 7.90. The van der Waals surface area contributed by atoms with Crippen molar-refractivity contribution in [1.29, 1.82) is 5.26 Å². The second kappa shape index (κ2) is 12.0. The summed E-state index contributed by atoms with van der Waals surface area (Å²) in [7, 11) is 0. The molecule has 0 radical (unpaired) electrons. The highest BCUT2D eigenvalue weighted by Crippen LogP contribution is 2.35. The van der Waals surface area contributed by atoms with E-state index in [1.807, 2.05) is 30.3 Å². The summed E-state index contributed by atoms with van der Waals surface area (Å²) in [5.41, 5.74) is 0.480. The Morgan fingerprint density at radius 2 is 1.46 bits per heavy atom. The molecule has 1 atom stereocenters. The van der Waals surface area contributed by atoms with E-state index in [1.54, 1.807) is 0 Å². The SMILES string of the molecule is CCC.CCCC(C#N)(CCCCC(F)(F)CC)c1ccccc1. The molecular weight excluding hydrogens is 304 g/mol. The Bertz CT molecular complexity index is 464. The smallest absolute Gasteiger partial charge is 0.207 e. The standard InChI is InChI=1S/C18H25F2N.C3H8/c1-3-12-17(15-21,16-10-6-5-7-11-16)13-8-9-14-18(19,20)4-2;1-3-2/h5-7,10-11H,3-4,8-9,12-14H2,1-2H3;3H2,1-2H3. The predicted octanol–water partition coefficient (Wildman–Crippen LogP) is 7.27. The minimum atomic E-state index is -2.56. The Labute approximate surface area is 147 Å². The minimum Gasteiger partial charge on any atom is -0.207 e. The Kier molecular flexibility index (Phi) is 11.3. The highest BCUT2D eigenvalue weighted by molar-refractivity contribution is 5.32. The summed E-state index contributed by atoms with van der Waals surface area (Å²) in [5, 5.41) is 9.67. The molecular formula is C21H33F2N. The molecule has 0 saturated carbocycles. The van der Waals surface area contributed by atoms with Gasteiger partial charge in [0.25, 0.3) is 0 Å². The van der Waals surface area contributed by atoms with Crippen LogP contribution in [0.15, 0.2) is 30.3 Å². The molecule has 136 valence electrons. The van der Waals surface area contributed by atoms with Crippen LogP contribution in [0, 0.1) is 11.3 Å². The van der Waals surface area contributed by atoms with Crippen LogP contribution in [-0.2, 0) is 5.41 Å². The molecule has 24 heavy (non-hydrogen) atoms. The Balaban J connectivity index is 0.00000163. The summed E-state index contributed by atoms with van der Waals surface area (Å²) >= 11 is 0. The summed E-state index contributed by atoms with van der Waals surface area (Å²) in [6.45, 7) is 7.82. The van der Waals surface area contributed by atoms with Crippen molar-refractivity contribution in [2.24, 2.45) is 0 Å². The Hall–Kier alpha value is -1.43. The van der Waals surface area contributed by atoms with Crippen molar-refractivity contribution in [3.63, 3.8) is 0 Å². The molecule has 0 aromatic heterocycles. The highest BCUT2D eigenvalue weighted by atomic mass is 19.3. The number of nitriles is 1. The zero-order valence-corrected chi connectivity index (χ0v) is 15.7. The van der Waals surface area contributed by atoms with Crippen molar-refractivity contribution in [3.8, 4) is 6.07 Å². The van der Waals surface area contributed by atoms with E-state index in [9.17, 15) is 14.0 Å². The molecule has 0 heterocycles. The van der Waals surface area contributed by atoms with Gasteiger partial charge >= 0.3 is 0 Å². The van der Waals surface area contributed by atoms with Gasteiger partial charge in [0.2, 0.25) is 5.92 Å². The van der Waals surface area contributed by atoms with Gasteiger partial charge in [-0.2, -0.15) is 5.26 Å². The van der Waals surface area contributed by atoms with Gasteiger partial charge in [-0.15, -0.1) is 0 Å². The van der Waals surface area contributed by atoms with Crippen LogP contribution in [-0.4, -0.2) is 5.92 Å². The zero-order valence-electron chi connectivity index (χ0n) is 15.7. The average molecular weight is 337 g/mol. The van der Waals surface area contributed by atoms with E-state index in [4.69, 9.17) is 0 Å². The van der Waals surface area contributed by atoms with Gasteiger partial charge in [0, 0.05) is 12.8 Å². The third-order valence-corrected chi connectivity index (χ3v) is 4.13. The maximum atomic E-state index is 13.3. The molecule has 1 rings (SSSR count). The fraction of sp³-hybridized carbons (Fsp3) is 0.667. The lowest BCUT2D eigenvalue weighted by atomic mass is 9.74. The number of hydrogen-bond acceptors (Lipinski definition) is 1. The van der Waals surface area contributed by atoms with E-state index >= 15 is 0 Å². The van der Waals surface area contributed by atoms with Crippen LogP contribution < -0.4 is 0 Å². The summed E-state index contributed by atoms with van der Waals surface area (Å²) in [6.07, 6.45) is 4.54. The van der Waals surface area contributed by atoms with Gasteiger partial charge in [0.1, 0.15) is 0 Å². The molecule has 1 aromatic rings. The van der Waals surface area contributed by atoms with Gasteiger partial charge in [-0.1, -0.05) is 77.3 Å². The lowest BCUT2D eigenvalue weighted by Crippen LogP contribution is -2.24. The summed E-state index contributed by atoms with van der Waals surface area (Å²) < 4.78 is 26.5. The molecule has 0 fully saturated rings. The van der Waals surface area contributed by atoms with Crippen LogP contribution in [0.2, 0.25) is 0 Å². The molecule has 3 heteroatoms. The van der Waals surface area contributed by atoms with E-state index in [-0.39, 0.29) is 12.8 Å². The van der Waals surface area contributed by atoms with E-state index in [0.717, 1.165) is 18.4 Å². The lowest BCUT2D eigenvalue weighted by Gasteiger charge is -2.27. The van der Waals surface area contributed by atoms with Gasteiger partial charge in [0.05, 0.1) is 11.5 Å². The third-order valence-electron chi connectivity index (χ3n) is 4.13. The second-order valence-corrected chi connectivity index (χ2v) is 6.43. The van der Waals surface area contributed by atoms with Crippen LogP contribution in [0.4, 0.5) is 8.78 Å². The van der Waals surface area contributed by atoms with Gasteiger partial charge in [-0.25, -0.2) is 8.78 Å². The summed E-state index contributed by atoms with van der Waals surface area (Å²) in [6, 6.07) is 12.2. The first-order valence-electron chi connectivity index (χ1n) is 9.25. The molecule has 0 bridgehead atoms. The van der Waals surface area contributed by atoms with E-state index in [1.165, 1.54) is 13.3 Å². The van der Waals surface area contributed by atoms with Gasteiger partial charge in [-0.3, -0.25) is 0 Å². The normalized spacial score (nSPS) is 13.4. The van der Waals surface area contributed by atoms with E-state index in [2.05, 4.69) is 26.8 Å². The number of halogens is 2. The van der Waals surface area contributed by atoms with Crippen molar-refractivity contribution in [2.75, 3.05) is 0 Å². The van der Waals surface area contributed by atoms with Crippen LogP contribution in [0.5, 0.6) is 0 Å². The van der Waals surface area contributed by atoms with Crippen LogP contribution in [0.3, 0.4) is 0 Å². The van der Waals surface area contributed by atoms with Gasteiger partial charge in [-0.05, 0) is 24.8 Å². The van der Waals surface area contributed by atoms with E-state index < -0.39 is 11.3 Å². The number of hydrogen-bond donors (Lipinski definition) is 0. The predicted molar refractivity (Wildman–Crippen MR) is 98.3 cm³/mol. The number of nitrogens with zero attached hydrogens (tertiary/aromatic N) is 1. The average Bonchev–Trinajstić information content (AvgIpc) is 2.59. The number of benzene rings is 1. The summed E-state index contributed by atoms with van der Waals surface area (Å²) in [4.78, 5) is 0. The van der Waals surface area contributed by atoms with Gasteiger partial charge in [0.15, 0.2) is 0 Å². The molecule has 0 aliphatic heterocycles. The van der Waals surface area contributed by atoms with Crippen molar-refractivity contribution >= 4 is 0 Å². The second-order valence-electron chi connectivity index (χ2n) is 6.43. The fourth-order valence-electron chi connectivity index (χ4n) is 2.76. The number of rotatable bonds is 9. The zero-order chi connectivity index (χ0) is 18.5. The largest absolute Gasteiger partial charge is 0.247 e. The van der Waals surface area contributed by atoms with E-state index in [0.29, 0.717) is 19.3 Å². The molecule has 0 aliphatic rings.